The zero-order chi connectivity index (χ0) is 19.7. The fraction of sp³-hybridized carbons (Fsp3) is 0.609. The van der Waals surface area contributed by atoms with E-state index in [1.165, 1.54) is 19.4 Å². The number of unbranched alkanes of at least 4 members (excludes halogenated alkanes) is 1. The number of fused-ring (bicyclic) bond motifs is 3. The van der Waals surface area contributed by atoms with E-state index >= 15 is 0 Å². The Hall–Kier alpha value is -2.01. The molecule has 1 unspecified atom stereocenters. The van der Waals surface area contributed by atoms with E-state index in [1.54, 1.807) is 0 Å². The predicted octanol–water partition coefficient (Wildman–Crippen LogP) is 4.18. The van der Waals surface area contributed by atoms with Gasteiger partial charge in [0.25, 0.3) is 5.91 Å². The molecule has 1 aromatic carbocycles. The number of aryl methyl sites for hydroxylation is 1. The second kappa shape index (κ2) is 7.78. The molecule has 0 spiro atoms. The van der Waals surface area contributed by atoms with E-state index in [9.17, 15) is 4.79 Å². The minimum Gasteiger partial charge on any atom is -0.472 e. The average molecular weight is 384 g/mol. The largest absolute Gasteiger partial charge is 0.472 e. The van der Waals surface area contributed by atoms with Crippen molar-refractivity contribution in [3.63, 3.8) is 0 Å². The predicted molar refractivity (Wildman–Crippen MR) is 113 cm³/mol. The van der Waals surface area contributed by atoms with E-state index in [0.29, 0.717) is 17.4 Å². The molecule has 0 saturated carbocycles. The molecule has 1 aromatic heterocycles. The van der Waals surface area contributed by atoms with Gasteiger partial charge in [0.2, 0.25) is 5.88 Å². The molecule has 152 valence electrons. The number of carbonyl (C=O) groups excluding carboxylic acids is 1. The minimum atomic E-state index is -0.399. The SMILES string of the molecule is CCCCN1CCC(C2(C)CCCn3c(c(C(N)=O)c4ccccc43)O2)CC1. The summed E-state index contributed by atoms with van der Waals surface area (Å²) < 4.78 is 8.89. The summed E-state index contributed by atoms with van der Waals surface area (Å²) in [5.74, 6) is 0.793. The van der Waals surface area contributed by atoms with Crippen LogP contribution in [0.25, 0.3) is 10.9 Å². The van der Waals surface area contributed by atoms with E-state index in [4.69, 9.17) is 10.5 Å². The number of amides is 1. The summed E-state index contributed by atoms with van der Waals surface area (Å²) in [5, 5.41) is 0.906. The average Bonchev–Trinajstić information content (AvgIpc) is 2.88. The molecule has 2 aliphatic rings. The number of rotatable bonds is 5. The third-order valence-corrected chi connectivity index (χ3v) is 6.83. The van der Waals surface area contributed by atoms with Crippen molar-refractivity contribution in [3.8, 4) is 5.88 Å². The molecule has 1 amide bonds. The molecule has 5 nitrogen and oxygen atoms in total. The second-order valence-corrected chi connectivity index (χ2v) is 8.70. The van der Waals surface area contributed by atoms with Crippen molar-refractivity contribution in [2.75, 3.05) is 19.6 Å². The van der Waals surface area contributed by atoms with Crippen LogP contribution in [-0.4, -0.2) is 40.6 Å². The molecule has 4 rings (SSSR count). The maximum atomic E-state index is 12.3. The summed E-state index contributed by atoms with van der Waals surface area (Å²) in [6.07, 6.45) is 6.91. The number of ether oxygens (including phenoxy) is 1. The van der Waals surface area contributed by atoms with E-state index in [0.717, 1.165) is 56.2 Å². The number of primary amides is 1. The molecular formula is C23H33N3O2. The normalized spacial score (nSPS) is 23.9. The van der Waals surface area contributed by atoms with Gasteiger partial charge in [-0.05, 0) is 64.7 Å². The molecule has 28 heavy (non-hydrogen) atoms. The van der Waals surface area contributed by atoms with Gasteiger partial charge in [0.15, 0.2) is 0 Å². The van der Waals surface area contributed by atoms with E-state index in [2.05, 4.69) is 29.4 Å². The van der Waals surface area contributed by atoms with Crippen LogP contribution in [0.15, 0.2) is 24.3 Å². The van der Waals surface area contributed by atoms with Gasteiger partial charge in [0.1, 0.15) is 11.2 Å². The summed E-state index contributed by atoms with van der Waals surface area (Å²) in [5.41, 5.74) is 7.14. The molecule has 0 bridgehead atoms. The highest BCUT2D eigenvalue weighted by Crippen LogP contribution is 2.42. The van der Waals surface area contributed by atoms with Crippen molar-refractivity contribution >= 4 is 16.8 Å². The van der Waals surface area contributed by atoms with Crippen LogP contribution in [0.2, 0.25) is 0 Å². The first kappa shape index (κ1) is 19.3. The Kier molecular flexibility index (Phi) is 5.37. The highest BCUT2D eigenvalue weighted by atomic mass is 16.5. The lowest BCUT2D eigenvalue weighted by Crippen LogP contribution is -2.47. The zero-order valence-corrected chi connectivity index (χ0v) is 17.2. The first-order valence-electron chi connectivity index (χ1n) is 10.9. The summed E-state index contributed by atoms with van der Waals surface area (Å²) >= 11 is 0. The Morgan fingerprint density at radius 2 is 2.00 bits per heavy atom. The summed E-state index contributed by atoms with van der Waals surface area (Å²) in [6.45, 7) is 8.87. The Bertz CT molecular complexity index is 851. The Balaban J connectivity index is 1.62. The van der Waals surface area contributed by atoms with E-state index in [-0.39, 0.29) is 5.60 Å². The topological polar surface area (TPSA) is 60.5 Å². The third-order valence-electron chi connectivity index (χ3n) is 6.83. The molecular weight excluding hydrogens is 350 g/mol. The van der Waals surface area contributed by atoms with Crippen molar-refractivity contribution in [2.24, 2.45) is 11.7 Å². The van der Waals surface area contributed by atoms with Gasteiger partial charge < -0.3 is 19.9 Å². The number of nitrogens with two attached hydrogens (primary N) is 1. The lowest BCUT2D eigenvalue weighted by Gasteiger charge is -2.42. The highest BCUT2D eigenvalue weighted by Gasteiger charge is 2.41. The van der Waals surface area contributed by atoms with Gasteiger partial charge in [0, 0.05) is 17.8 Å². The van der Waals surface area contributed by atoms with Crippen molar-refractivity contribution in [1.82, 2.24) is 9.47 Å². The minimum absolute atomic E-state index is 0.246. The summed E-state index contributed by atoms with van der Waals surface area (Å²) in [7, 11) is 0. The number of para-hydroxylation sites is 1. The molecule has 2 N–H and O–H groups in total. The van der Waals surface area contributed by atoms with Crippen LogP contribution in [0.5, 0.6) is 5.88 Å². The van der Waals surface area contributed by atoms with Crippen LogP contribution in [-0.2, 0) is 6.54 Å². The van der Waals surface area contributed by atoms with Crippen LogP contribution in [0, 0.1) is 5.92 Å². The molecule has 0 aliphatic carbocycles. The highest BCUT2D eigenvalue weighted by molar-refractivity contribution is 6.09. The van der Waals surface area contributed by atoms with Gasteiger partial charge >= 0.3 is 0 Å². The lowest BCUT2D eigenvalue weighted by molar-refractivity contribution is -0.0125. The molecule has 1 saturated heterocycles. The zero-order valence-electron chi connectivity index (χ0n) is 17.2. The van der Waals surface area contributed by atoms with E-state index < -0.39 is 5.91 Å². The number of benzene rings is 1. The molecule has 2 aromatic rings. The summed E-state index contributed by atoms with van der Waals surface area (Å²) in [6, 6.07) is 8.00. The monoisotopic (exact) mass is 383 g/mol. The van der Waals surface area contributed by atoms with Crippen LogP contribution < -0.4 is 10.5 Å². The van der Waals surface area contributed by atoms with Crippen LogP contribution >= 0.6 is 0 Å². The fourth-order valence-corrected chi connectivity index (χ4v) is 5.14. The molecule has 1 fully saturated rings. The van der Waals surface area contributed by atoms with Crippen LogP contribution in [0.3, 0.4) is 0 Å². The Morgan fingerprint density at radius 3 is 2.71 bits per heavy atom. The summed E-state index contributed by atoms with van der Waals surface area (Å²) in [4.78, 5) is 14.9. The number of carbonyl (C=O) groups is 1. The maximum Gasteiger partial charge on any atom is 0.254 e. The second-order valence-electron chi connectivity index (χ2n) is 8.70. The van der Waals surface area contributed by atoms with Crippen molar-refractivity contribution in [2.45, 2.75) is 64.5 Å². The number of piperidine rings is 1. The van der Waals surface area contributed by atoms with Gasteiger partial charge in [-0.15, -0.1) is 0 Å². The number of hydrogen-bond acceptors (Lipinski definition) is 3. The number of hydrogen-bond donors (Lipinski definition) is 1. The fourth-order valence-electron chi connectivity index (χ4n) is 5.14. The lowest BCUT2D eigenvalue weighted by atomic mass is 9.78. The molecule has 5 heteroatoms. The van der Waals surface area contributed by atoms with Gasteiger partial charge in [-0.1, -0.05) is 31.5 Å². The molecule has 1 atom stereocenters. The maximum absolute atomic E-state index is 12.3. The Morgan fingerprint density at radius 1 is 1.25 bits per heavy atom. The number of nitrogens with zero attached hydrogens (tertiary/aromatic N) is 2. The molecule has 2 aliphatic heterocycles. The first-order valence-corrected chi connectivity index (χ1v) is 10.9. The van der Waals surface area contributed by atoms with Crippen molar-refractivity contribution in [3.05, 3.63) is 29.8 Å². The van der Waals surface area contributed by atoms with Gasteiger partial charge in [-0.3, -0.25) is 4.79 Å². The Labute approximate surface area is 167 Å². The van der Waals surface area contributed by atoms with Crippen LogP contribution in [0.1, 0.15) is 62.7 Å². The first-order chi connectivity index (χ1) is 13.5. The van der Waals surface area contributed by atoms with Crippen molar-refractivity contribution < 1.29 is 9.53 Å². The molecule has 3 heterocycles. The van der Waals surface area contributed by atoms with Crippen LogP contribution in [0.4, 0.5) is 0 Å². The standard InChI is InChI=1S/C23H33N3O2/c1-3-4-13-25-15-10-17(11-16-25)23(2)12-7-14-26-19-9-6-5-8-18(19)20(21(24)27)22(26)28-23/h5-6,8-9,17H,3-4,7,10-16H2,1-2H3,(H2,24,27). The van der Waals surface area contributed by atoms with Crippen molar-refractivity contribution in [1.29, 1.82) is 0 Å². The van der Waals surface area contributed by atoms with Gasteiger partial charge in [-0.2, -0.15) is 0 Å². The smallest absolute Gasteiger partial charge is 0.254 e. The van der Waals surface area contributed by atoms with E-state index in [1.807, 2.05) is 18.2 Å². The van der Waals surface area contributed by atoms with Gasteiger partial charge in [0.05, 0.1) is 5.52 Å². The quantitative estimate of drug-likeness (QED) is 0.842. The third kappa shape index (κ3) is 3.41. The molecule has 0 radical (unpaired) electrons. The van der Waals surface area contributed by atoms with Gasteiger partial charge in [-0.25, -0.2) is 0 Å². The number of aromatic nitrogens is 1. The number of likely N-dealkylation sites (tertiary alicyclic amines) is 1.